The molecule has 0 aliphatic heterocycles. The van der Waals surface area contributed by atoms with E-state index in [0.29, 0.717) is 26.4 Å². The van der Waals surface area contributed by atoms with E-state index >= 15 is 0 Å². The van der Waals surface area contributed by atoms with Gasteiger partial charge in [0.2, 0.25) is 0 Å². The van der Waals surface area contributed by atoms with E-state index in [1.807, 2.05) is 12.1 Å². The van der Waals surface area contributed by atoms with Crippen molar-refractivity contribution in [2.24, 2.45) is 5.73 Å². The first kappa shape index (κ1) is 16.1. The fourth-order valence-electron chi connectivity index (χ4n) is 1.81. The van der Waals surface area contributed by atoms with Gasteiger partial charge in [0, 0.05) is 20.3 Å². The fourth-order valence-corrected chi connectivity index (χ4v) is 1.81. The van der Waals surface area contributed by atoms with Crippen molar-refractivity contribution in [3.8, 4) is 0 Å². The Morgan fingerprint density at radius 1 is 0.947 bits per heavy atom. The number of hydrogen-bond donors (Lipinski definition) is 1. The molecule has 0 unspecified atom stereocenters. The maximum Gasteiger partial charge on any atom is 0.0720 e. The van der Waals surface area contributed by atoms with Gasteiger partial charge in [0.25, 0.3) is 0 Å². The van der Waals surface area contributed by atoms with Crippen LogP contribution in [0.2, 0.25) is 0 Å². The van der Waals surface area contributed by atoms with Crippen molar-refractivity contribution in [1.29, 1.82) is 0 Å². The van der Waals surface area contributed by atoms with Crippen LogP contribution in [-0.2, 0) is 27.2 Å². The van der Waals surface area contributed by atoms with Crippen molar-refractivity contribution in [2.45, 2.75) is 19.4 Å². The molecule has 0 fully saturated rings. The predicted molar refractivity (Wildman–Crippen MR) is 76.2 cm³/mol. The van der Waals surface area contributed by atoms with Gasteiger partial charge in [-0.2, -0.15) is 0 Å². The van der Waals surface area contributed by atoms with Crippen LogP contribution in [0.4, 0.5) is 0 Å². The van der Waals surface area contributed by atoms with Crippen LogP contribution in [-0.4, -0.2) is 40.1 Å². The minimum atomic E-state index is 0.615. The van der Waals surface area contributed by atoms with Gasteiger partial charge in [-0.3, -0.25) is 0 Å². The molecule has 0 atom stereocenters. The van der Waals surface area contributed by atoms with Crippen LogP contribution in [0.15, 0.2) is 24.3 Å². The molecule has 0 aliphatic rings. The number of ether oxygens (including phenoxy) is 3. The number of methoxy groups -OCH3 is 1. The summed E-state index contributed by atoms with van der Waals surface area (Å²) in [4.78, 5) is 0. The van der Waals surface area contributed by atoms with Gasteiger partial charge >= 0.3 is 0 Å². The molecule has 19 heavy (non-hydrogen) atoms. The van der Waals surface area contributed by atoms with E-state index in [-0.39, 0.29) is 0 Å². The Morgan fingerprint density at radius 2 is 1.68 bits per heavy atom. The number of rotatable bonds is 11. The standard InChI is InChI=1S/C15H25NO3/c1-17-9-4-10-18-11-12-19-13-15-6-3-2-5-14(15)7-8-16/h2-3,5-6H,4,7-13,16H2,1H3. The molecule has 1 aromatic rings. The average Bonchev–Trinajstić information content (AvgIpc) is 2.44. The van der Waals surface area contributed by atoms with Gasteiger partial charge in [-0.15, -0.1) is 0 Å². The molecule has 0 spiro atoms. The molecule has 1 aromatic carbocycles. The van der Waals surface area contributed by atoms with E-state index in [9.17, 15) is 0 Å². The molecule has 0 amide bonds. The molecule has 0 aromatic heterocycles. The smallest absolute Gasteiger partial charge is 0.0720 e. The summed E-state index contributed by atoms with van der Waals surface area (Å²) in [5, 5.41) is 0. The first-order chi connectivity index (χ1) is 9.38. The third-order valence-corrected chi connectivity index (χ3v) is 2.80. The van der Waals surface area contributed by atoms with E-state index in [1.54, 1.807) is 7.11 Å². The van der Waals surface area contributed by atoms with Crippen molar-refractivity contribution >= 4 is 0 Å². The summed E-state index contributed by atoms with van der Waals surface area (Å²) in [6.45, 7) is 4.00. The summed E-state index contributed by atoms with van der Waals surface area (Å²) >= 11 is 0. The summed E-state index contributed by atoms with van der Waals surface area (Å²) in [6.07, 6.45) is 1.82. The van der Waals surface area contributed by atoms with Crippen LogP contribution in [0.1, 0.15) is 17.5 Å². The first-order valence-corrected chi connectivity index (χ1v) is 6.79. The van der Waals surface area contributed by atoms with E-state index in [2.05, 4.69) is 12.1 Å². The van der Waals surface area contributed by atoms with Gasteiger partial charge in [0.05, 0.1) is 19.8 Å². The molecule has 0 heterocycles. The van der Waals surface area contributed by atoms with Gasteiger partial charge < -0.3 is 19.9 Å². The van der Waals surface area contributed by atoms with Crippen LogP contribution < -0.4 is 5.73 Å². The van der Waals surface area contributed by atoms with E-state index < -0.39 is 0 Å². The highest BCUT2D eigenvalue weighted by molar-refractivity contribution is 5.26. The molecule has 1 rings (SSSR count). The van der Waals surface area contributed by atoms with Crippen molar-refractivity contribution < 1.29 is 14.2 Å². The van der Waals surface area contributed by atoms with E-state index in [4.69, 9.17) is 19.9 Å². The Balaban J connectivity index is 2.12. The summed E-state index contributed by atoms with van der Waals surface area (Å²) in [7, 11) is 1.70. The second kappa shape index (κ2) is 10.9. The Labute approximate surface area is 115 Å². The molecule has 0 radical (unpaired) electrons. The van der Waals surface area contributed by atoms with Gasteiger partial charge in [0.15, 0.2) is 0 Å². The van der Waals surface area contributed by atoms with Crippen LogP contribution in [0.5, 0.6) is 0 Å². The maximum atomic E-state index is 5.62. The largest absolute Gasteiger partial charge is 0.385 e. The van der Waals surface area contributed by atoms with Crippen LogP contribution in [0.25, 0.3) is 0 Å². The second-order valence-electron chi connectivity index (χ2n) is 4.32. The van der Waals surface area contributed by atoms with Crippen molar-refractivity contribution in [3.05, 3.63) is 35.4 Å². The van der Waals surface area contributed by atoms with E-state index in [1.165, 1.54) is 11.1 Å². The lowest BCUT2D eigenvalue weighted by atomic mass is 10.1. The number of hydrogen-bond acceptors (Lipinski definition) is 4. The zero-order chi connectivity index (χ0) is 13.8. The third kappa shape index (κ3) is 7.28. The fraction of sp³-hybridized carbons (Fsp3) is 0.600. The molecule has 2 N–H and O–H groups in total. The predicted octanol–water partition coefficient (Wildman–Crippen LogP) is 1.76. The van der Waals surface area contributed by atoms with Gasteiger partial charge in [-0.05, 0) is 30.5 Å². The SMILES string of the molecule is COCCCOCCOCc1ccccc1CCN. The van der Waals surface area contributed by atoms with Crippen molar-refractivity contribution in [2.75, 3.05) is 40.1 Å². The Hall–Kier alpha value is -0.940. The summed E-state index contributed by atoms with van der Waals surface area (Å²) < 4.78 is 16.0. The zero-order valence-electron chi connectivity index (χ0n) is 11.8. The average molecular weight is 267 g/mol. The molecule has 4 heteroatoms. The lowest BCUT2D eigenvalue weighted by Crippen LogP contribution is -2.09. The number of benzene rings is 1. The third-order valence-electron chi connectivity index (χ3n) is 2.80. The van der Waals surface area contributed by atoms with Crippen LogP contribution >= 0.6 is 0 Å². The lowest BCUT2D eigenvalue weighted by molar-refractivity contribution is 0.0335. The molecule has 0 saturated carbocycles. The first-order valence-electron chi connectivity index (χ1n) is 6.79. The zero-order valence-corrected chi connectivity index (χ0v) is 11.8. The molecule has 0 aliphatic carbocycles. The van der Waals surface area contributed by atoms with Crippen LogP contribution in [0.3, 0.4) is 0 Å². The minimum Gasteiger partial charge on any atom is -0.385 e. The Bertz CT molecular complexity index is 331. The molecule has 108 valence electrons. The molecule has 0 saturated heterocycles. The van der Waals surface area contributed by atoms with Gasteiger partial charge in [-0.25, -0.2) is 0 Å². The van der Waals surface area contributed by atoms with Crippen molar-refractivity contribution in [1.82, 2.24) is 0 Å². The molecule has 4 nitrogen and oxygen atoms in total. The Morgan fingerprint density at radius 3 is 2.42 bits per heavy atom. The lowest BCUT2D eigenvalue weighted by Gasteiger charge is -2.09. The summed E-state index contributed by atoms with van der Waals surface area (Å²) in [5.74, 6) is 0. The topological polar surface area (TPSA) is 53.7 Å². The second-order valence-corrected chi connectivity index (χ2v) is 4.32. The maximum absolute atomic E-state index is 5.62. The highest BCUT2D eigenvalue weighted by Crippen LogP contribution is 2.10. The van der Waals surface area contributed by atoms with Gasteiger partial charge in [-0.1, -0.05) is 24.3 Å². The van der Waals surface area contributed by atoms with Gasteiger partial charge in [0.1, 0.15) is 0 Å². The summed E-state index contributed by atoms with van der Waals surface area (Å²) in [5.41, 5.74) is 8.08. The molecular formula is C15H25NO3. The monoisotopic (exact) mass is 267 g/mol. The molecular weight excluding hydrogens is 242 g/mol. The van der Waals surface area contributed by atoms with E-state index in [0.717, 1.165) is 26.1 Å². The quantitative estimate of drug-likeness (QED) is 0.621. The highest BCUT2D eigenvalue weighted by atomic mass is 16.5. The Kier molecular flexibility index (Phi) is 9.27. The summed E-state index contributed by atoms with van der Waals surface area (Å²) in [6, 6.07) is 8.25. The minimum absolute atomic E-state index is 0.615. The highest BCUT2D eigenvalue weighted by Gasteiger charge is 2.00. The normalized spacial score (nSPS) is 10.8. The van der Waals surface area contributed by atoms with Crippen molar-refractivity contribution in [3.63, 3.8) is 0 Å². The number of nitrogens with two attached hydrogens (primary N) is 1. The van der Waals surface area contributed by atoms with Crippen LogP contribution in [0, 0.1) is 0 Å². The molecule has 0 bridgehead atoms.